The van der Waals surface area contributed by atoms with Gasteiger partial charge in [0.2, 0.25) is 0 Å². The van der Waals surface area contributed by atoms with Crippen molar-refractivity contribution in [2.45, 2.75) is 13.0 Å². The van der Waals surface area contributed by atoms with Gasteiger partial charge in [0.1, 0.15) is 5.76 Å². The molecular formula is C21H21ClFN5O3. The average molecular weight is 446 g/mol. The topological polar surface area (TPSA) is 93.4 Å². The van der Waals surface area contributed by atoms with Crippen LogP contribution in [0.1, 0.15) is 27.9 Å². The molecule has 3 heterocycles. The molecule has 0 spiro atoms. The monoisotopic (exact) mass is 445 g/mol. The fraction of sp³-hybridized carbons (Fsp3) is 0.333. The van der Waals surface area contributed by atoms with Gasteiger partial charge in [-0.15, -0.1) is 0 Å². The number of halogens is 2. The molecule has 162 valence electrons. The third kappa shape index (κ3) is 4.90. The van der Waals surface area contributed by atoms with E-state index >= 15 is 0 Å². The molecule has 0 bridgehead atoms. The van der Waals surface area contributed by atoms with Gasteiger partial charge >= 0.3 is 0 Å². The van der Waals surface area contributed by atoms with E-state index in [1.807, 2.05) is 6.92 Å². The minimum absolute atomic E-state index is 0.183. The summed E-state index contributed by atoms with van der Waals surface area (Å²) in [5, 5.41) is 3.24. The number of carbonyl (C=O) groups excluding carboxylic acids is 1. The lowest BCUT2D eigenvalue weighted by Crippen LogP contribution is -2.44. The quantitative estimate of drug-likeness (QED) is 0.623. The van der Waals surface area contributed by atoms with E-state index in [4.69, 9.17) is 20.8 Å². The average Bonchev–Trinajstić information content (AvgIpc) is 3.21. The molecule has 1 saturated heterocycles. The number of hydrogen-bond acceptors (Lipinski definition) is 7. The molecule has 1 aliphatic heterocycles. The standard InChI is InChI=1S/C21H21ClFN5O3/c1-13-19(31-12-27-13)18(28-4-6-30-7-5-28)11-26-21(29)16-8-14(2-3-17(16)22)20-24-9-15(23)10-25-20/h2-3,8-10,12,18H,4-7,11H2,1H3,(H,26,29). The van der Waals surface area contributed by atoms with Crippen LogP contribution >= 0.6 is 11.6 Å². The highest BCUT2D eigenvalue weighted by atomic mass is 35.5. The molecule has 0 radical (unpaired) electrons. The Morgan fingerprint density at radius 3 is 2.68 bits per heavy atom. The van der Waals surface area contributed by atoms with Crippen molar-refractivity contribution in [3.05, 3.63) is 64.8 Å². The number of hydrogen-bond donors (Lipinski definition) is 1. The number of carbonyl (C=O) groups is 1. The summed E-state index contributed by atoms with van der Waals surface area (Å²) < 4.78 is 24.2. The number of aryl methyl sites for hydroxylation is 1. The van der Waals surface area contributed by atoms with Crippen molar-refractivity contribution in [1.82, 2.24) is 25.2 Å². The predicted octanol–water partition coefficient (Wildman–Crippen LogP) is 3.04. The van der Waals surface area contributed by atoms with Gasteiger partial charge in [0.15, 0.2) is 18.0 Å². The second kappa shape index (κ2) is 9.51. The molecule has 1 fully saturated rings. The molecule has 8 nitrogen and oxygen atoms in total. The summed E-state index contributed by atoms with van der Waals surface area (Å²) in [6.07, 6.45) is 3.55. The van der Waals surface area contributed by atoms with Crippen LogP contribution in [-0.2, 0) is 4.74 Å². The van der Waals surface area contributed by atoms with Crippen molar-refractivity contribution in [3.8, 4) is 11.4 Å². The summed E-state index contributed by atoms with van der Waals surface area (Å²) in [6, 6.07) is 4.69. The minimum atomic E-state index is -0.535. The van der Waals surface area contributed by atoms with Crippen molar-refractivity contribution in [3.63, 3.8) is 0 Å². The molecular weight excluding hydrogens is 425 g/mol. The number of oxazole rings is 1. The highest BCUT2D eigenvalue weighted by Crippen LogP contribution is 2.26. The van der Waals surface area contributed by atoms with Crippen LogP contribution in [0.3, 0.4) is 0 Å². The third-order valence-electron chi connectivity index (χ3n) is 5.12. The van der Waals surface area contributed by atoms with Gasteiger partial charge in [-0.2, -0.15) is 0 Å². The first-order valence-corrected chi connectivity index (χ1v) is 10.2. The van der Waals surface area contributed by atoms with E-state index in [1.165, 1.54) is 6.39 Å². The highest BCUT2D eigenvalue weighted by Gasteiger charge is 2.28. The summed E-state index contributed by atoms with van der Waals surface area (Å²) in [7, 11) is 0. The van der Waals surface area contributed by atoms with Crippen LogP contribution in [0.5, 0.6) is 0 Å². The first kappa shape index (κ1) is 21.4. The lowest BCUT2D eigenvalue weighted by atomic mass is 10.1. The first-order valence-electron chi connectivity index (χ1n) is 9.80. The van der Waals surface area contributed by atoms with E-state index in [2.05, 4.69) is 25.2 Å². The molecule has 1 N–H and O–H groups in total. The van der Waals surface area contributed by atoms with Crippen LogP contribution in [0.4, 0.5) is 4.39 Å². The summed E-state index contributed by atoms with van der Waals surface area (Å²) in [5.41, 5.74) is 1.62. The Hall–Kier alpha value is -2.88. The molecule has 3 aromatic rings. The fourth-order valence-corrected chi connectivity index (χ4v) is 3.70. The third-order valence-corrected chi connectivity index (χ3v) is 5.45. The highest BCUT2D eigenvalue weighted by molar-refractivity contribution is 6.34. The molecule has 0 aliphatic carbocycles. The Balaban J connectivity index is 1.53. The molecule has 31 heavy (non-hydrogen) atoms. The fourth-order valence-electron chi connectivity index (χ4n) is 3.49. The van der Waals surface area contributed by atoms with Crippen LogP contribution < -0.4 is 5.32 Å². The Kier molecular flexibility index (Phi) is 6.55. The van der Waals surface area contributed by atoms with E-state index in [0.29, 0.717) is 41.9 Å². The van der Waals surface area contributed by atoms with Crippen LogP contribution in [-0.4, -0.2) is 58.6 Å². The lowest BCUT2D eigenvalue weighted by Gasteiger charge is -2.33. The zero-order valence-corrected chi connectivity index (χ0v) is 17.6. The lowest BCUT2D eigenvalue weighted by molar-refractivity contribution is 0.0116. The number of benzene rings is 1. The Morgan fingerprint density at radius 1 is 1.26 bits per heavy atom. The molecule has 1 unspecified atom stereocenters. The van der Waals surface area contributed by atoms with E-state index in [-0.39, 0.29) is 17.5 Å². The van der Waals surface area contributed by atoms with Gasteiger partial charge in [-0.25, -0.2) is 19.3 Å². The summed E-state index contributed by atoms with van der Waals surface area (Å²) in [6.45, 7) is 4.85. The molecule has 10 heteroatoms. The smallest absolute Gasteiger partial charge is 0.252 e. The molecule has 1 aromatic carbocycles. The van der Waals surface area contributed by atoms with E-state index < -0.39 is 5.82 Å². The van der Waals surface area contributed by atoms with Gasteiger partial charge in [-0.3, -0.25) is 9.69 Å². The van der Waals surface area contributed by atoms with Crippen molar-refractivity contribution in [2.24, 2.45) is 0 Å². The van der Waals surface area contributed by atoms with Crippen molar-refractivity contribution in [2.75, 3.05) is 32.8 Å². The van der Waals surface area contributed by atoms with Gasteiger partial charge in [-0.05, 0) is 25.1 Å². The molecule has 1 amide bonds. The zero-order valence-electron chi connectivity index (χ0n) is 16.8. The van der Waals surface area contributed by atoms with Crippen LogP contribution in [0, 0.1) is 12.7 Å². The Labute approximate surface area is 183 Å². The number of nitrogens with one attached hydrogen (secondary N) is 1. The SMILES string of the molecule is Cc1ncoc1C(CNC(=O)c1cc(-c2ncc(F)cn2)ccc1Cl)N1CCOCC1. The van der Waals surface area contributed by atoms with Gasteiger partial charge in [0.25, 0.3) is 5.91 Å². The van der Waals surface area contributed by atoms with E-state index in [1.54, 1.807) is 18.2 Å². The number of aromatic nitrogens is 3. The molecule has 1 aliphatic rings. The van der Waals surface area contributed by atoms with E-state index in [9.17, 15) is 9.18 Å². The Bertz CT molecular complexity index is 1050. The van der Waals surface area contributed by atoms with Crippen molar-refractivity contribution < 1.29 is 18.3 Å². The molecule has 1 atom stereocenters. The molecule has 0 saturated carbocycles. The molecule has 4 rings (SSSR count). The van der Waals surface area contributed by atoms with Crippen LogP contribution in [0.25, 0.3) is 11.4 Å². The summed E-state index contributed by atoms with van der Waals surface area (Å²) in [4.78, 5) is 27.3. The second-order valence-electron chi connectivity index (χ2n) is 7.10. The zero-order chi connectivity index (χ0) is 21.8. The number of rotatable bonds is 6. The van der Waals surface area contributed by atoms with Gasteiger partial charge < -0.3 is 14.5 Å². The van der Waals surface area contributed by atoms with E-state index in [0.717, 1.165) is 31.2 Å². The number of morpholine rings is 1. The maximum Gasteiger partial charge on any atom is 0.252 e. The van der Waals surface area contributed by atoms with Gasteiger partial charge in [-0.1, -0.05) is 11.6 Å². The number of nitrogens with zero attached hydrogens (tertiary/aromatic N) is 4. The maximum atomic E-state index is 13.1. The Morgan fingerprint density at radius 2 is 2.00 bits per heavy atom. The minimum Gasteiger partial charge on any atom is -0.446 e. The first-order chi connectivity index (χ1) is 15.0. The maximum absolute atomic E-state index is 13.1. The van der Waals surface area contributed by atoms with Gasteiger partial charge in [0, 0.05) is 25.2 Å². The predicted molar refractivity (Wildman–Crippen MR) is 111 cm³/mol. The van der Waals surface area contributed by atoms with Gasteiger partial charge in [0.05, 0.1) is 47.9 Å². The molecule has 2 aromatic heterocycles. The normalized spacial score (nSPS) is 15.6. The largest absolute Gasteiger partial charge is 0.446 e. The van der Waals surface area contributed by atoms with Crippen molar-refractivity contribution >= 4 is 17.5 Å². The summed E-state index contributed by atoms with van der Waals surface area (Å²) >= 11 is 6.28. The summed E-state index contributed by atoms with van der Waals surface area (Å²) in [5.74, 6) is 0.134. The number of ether oxygens (including phenoxy) is 1. The van der Waals surface area contributed by atoms with Crippen LogP contribution in [0.15, 0.2) is 41.4 Å². The van der Waals surface area contributed by atoms with Crippen molar-refractivity contribution in [1.29, 1.82) is 0 Å². The second-order valence-corrected chi connectivity index (χ2v) is 7.50. The van der Waals surface area contributed by atoms with Crippen LogP contribution in [0.2, 0.25) is 5.02 Å². The number of amides is 1.